The van der Waals surface area contributed by atoms with Crippen LogP contribution in [0.25, 0.3) is 0 Å². The second-order valence-electron chi connectivity index (χ2n) is 4.42. The Kier molecular flexibility index (Phi) is 5.98. The highest BCUT2D eigenvalue weighted by Gasteiger charge is 2.17. The normalized spacial score (nSPS) is 12.3. The first-order chi connectivity index (χ1) is 8.97. The van der Waals surface area contributed by atoms with Crippen molar-refractivity contribution in [3.8, 4) is 0 Å². The highest BCUT2D eigenvalue weighted by atomic mass is 32.2. The van der Waals surface area contributed by atoms with Gasteiger partial charge in [-0.1, -0.05) is 26.0 Å². The predicted octanol–water partition coefficient (Wildman–Crippen LogP) is 2.12. The van der Waals surface area contributed by atoms with Crippen LogP contribution in [0.15, 0.2) is 24.3 Å². The Bertz CT molecular complexity index is 462. The lowest BCUT2D eigenvalue weighted by molar-refractivity contribution is 0.0460. The van der Waals surface area contributed by atoms with E-state index in [1.54, 1.807) is 31.2 Å². The Hall–Kier alpha value is -1.40. The van der Waals surface area contributed by atoms with E-state index in [-0.39, 0.29) is 18.0 Å². The molecule has 0 aromatic heterocycles. The molecule has 0 bridgehead atoms. The molecule has 0 N–H and O–H groups in total. The molecule has 0 saturated carbocycles. The van der Waals surface area contributed by atoms with Gasteiger partial charge in [-0.15, -0.1) is 0 Å². The van der Waals surface area contributed by atoms with Crippen LogP contribution >= 0.6 is 0 Å². The highest BCUT2D eigenvalue weighted by molar-refractivity contribution is 7.80. The summed E-state index contributed by atoms with van der Waals surface area (Å²) in [5.41, 5.74) is 0.598. The summed E-state index contributed by atoms with van der Waals surface area (Å²) in [6, 6.07) is 6.51. The van der Waals surface area contributed by atoms with Crippen molar-refractivity contribution in [1.29, 1.82) is 0 Å². The number of esters is 1. The van der Waals surface area contributed by atoms with E-state index in [1.165, 1.54) is 0 Å². The molecule has 0 spiro atoms. The fourth-order valence-electron chi connectivity index (χ4n) is 1.54. The molecule has 0 fully saturated rings. The Balaban J connectivity index is 3.01. The van der Waals surface area contributed by atoms with Crippen molar-refractivity contribution in [2.45, 2.75) is 20.8 Å². The van der Waals surface area contributed by atoms with Gasteiger partial charge < -0.3 is 13.6 Å². The zero-order chi connectivity index (χ0) is 14.4. The van der Waals surface area contributed by atoms with Crippen LogP contribution in [0.5, 0.6) is 0 Å². The third-order valence-corrected chi connectivity index (χ3v) is 3.22. The second-order valence-corrected chi connectivity index (χ2v) is 5.30. The van der Waals surface area contributed by atoms with Crippen molar-refractivity contribution in [2.75, 3.05) is 17.5 Å². The molecule has 19 heavy (non-hydrogen) atoms. The van der Waals surface area contributed by atoms with Crippen LogP contribution < -0.4 is 4.31 Å². The van der Waals surface area contributed by atoms with Crippen LogP contribution in [0.4, 0.5) is 5.69 Å². The Morgan fingerprint density at radius 3 is 2.58 bits per heavy atom. The summed E-state index contributed by atoms with van der Waals surface area (Å²) in [5.74, 6) is -0.278. The molecule has 1 rings (SSSR count). The van der Waals surface area contributed by atoms with Gasteiger partial charge in [0.2, 0.25) is 0 Å². The lowest BCUT2D eigenvalue weighted by Gasteiger charge is -2.26. The van der Waals surface area contributed by atoms with Gasteiger partial charge in [0.15, 0.2) is 0 Å². The predicted molar refractivity (Wildman–Crippen MR) is 73.5 cm³/mol. The van der Waals surface area contributed by atoms with Gasteiger partial charge in [-0.2, -0.15) is 0 Å². The van der Waals surface area contributed by atoms with Crippen molar-refractivity contribution >= 4 is 22.9 Å². The summed E-state index contributed by atoms with van der Waals surface area (Å²) < 4.78 is 28.5. The van der Waals surface area contributed by atoms with Crippen molar-refractivity contribution in [3.63, 3.8) is 0 Å². The lowest BCUT2D eigenvalue weighted by Crippen LogP contribution is -2.27. The van der Waals surface area contributed by atoms with Gasteiger partial charge >= 0.3 is 5.97 Å². The molecule has 0 radical (unpaired) electrons. The molecular formula is C13H18NO4S-. The van der Waals surface area contributed by atoms with Gasteiger partial charge in [0, 0.05) is 17.8 Å². The third-order valence-electron chi connectivity index (χ3n) is 2.41. The van der Waals surface area contributed by atoms with Crippen LogP contribution in [-0.4, -0.2) is 27.9 Å². The standard InChI is InChI=1S/C13H19NO4S/c1-4-14(19(16)17)12-8-6-5-7-11(12)13(15)18-9-10(2)3/h5-8,10H,4,9H2,1-3H3,(H,16,17)/p-1. The molecule has 0 saturated heterocycles. The molecule has 0 aliphatic heterocycles. The Labute approximate surface area is 116 Å². The largest absolute Gasteiger partial charge is 0.755 e. The molecule has 1 unspecified atom stereocenters. The Morgan fingerprint density at radius 2 is 2.05 bits per heavy atom. The quantitative estimate of drug-likeness (QED) is 0.592. The van der Waals surface area contributed by atoms with E-state index in [1.807, 2.05) is 13.8 Å². The van der Waals surface area contributed by atoms with Gasteiger partial charge in [-0.25, -0.2) is 4.79 Å². The van der Waals surface area contributed by atoms with Crippen LogP contribution in [0.1, 0.15) is 31.1 Å². The minimum absolute atomic E-state index is 0.229. The SMILES string of the molecule is CCN(c1ccccc1C(=O)OCC(C)C)S(=O)[O-]. The third kappa shape index (κ3) is 4.33. The second kappa shape index (κ2) is 7.25. The molecule has 0 aliphatic rings. The summed E-state index contributed by atoms with van der Waals surface area (Å²) in [6.07, 6.45) is 0. The molecule has 0 aliphatic carbocycles. The number of carbonyl (C=O) groups excluding carboxylic acids is 1. The minimum Gasteiger partial charge on any atom is -0.755 e. The monoisotopic (exact) mass is 284 g/mol. The van der Waals surface area contributed by atoms with Gasteiger partial charge in [0.05, 0.1) is 17.9 Å². The molecule has 0 heterocycles. The van der Waals surface area contributed by atoms with Crippen molar-refractivity contribution in [2.24, 2.45) is 5.92 Å². The first-order valence-corrected chi connectivity index (χ1v) is 7.13. The summed E-state index contributed by atoms with van der Waals surface area (Å²) in [6.45, 7) is 6.13. The molecular weight excluding hydrogens is 266 g/mol. The van der Waals surface area contributed by atoms with Crippen LogP contribution in [0.3, 0.4) is 0 Å². The van der Waals surface area contributed by atoms with E-state index < -0.39 is 17.2 Å². The van der Waals surface area contributed by atoms with E-state index in [9.17, 15) is 13.6 Å². The fraction of sp³-hybridized carbons (Fsp3) is 0.462. The number of hydrogen-bond acceptors (Lipinski definition) is 4. The highest BCUT2D eigenvalue weighted by Crippen LogP contribution is 2.22. The summed E-state index contributed by atoms with van der Waals surface area (Å²) in [4.78, 5) is 12.0. The molecule has 1 aromatic carbocycles. The molecule has 106 valence electrons. The number of para-hydroxylation sites is 1. The fourth-order valence-corrected chi connectivity index (χ4v) is 2.07. The number of anilines is 1. The smallest absolute Gasteiger partial charge is 0.340 e. The maximum atomic E-state index is 12.0. The zero-order valence-electron chi connectivity index (χ0n) is 11.3. The van der Waals surface area contributed by atoms with E-state index in [0.29, 0.717) is 12.3 Å². The number of hydrogen-bond donors (Lipinski definition) is 0. The maximum absolute atomic E-state index is 12.0. The number of nitrogens with zero attached hydrogens (tertiary/aromatic N) is 1. The van der Waals surface area contributed by atoms with Crippen LogP contribution in [0, 0.1) is 5.92 Å². The van der Waals surface area contributed by atoms with Crippen molar-refractivity contribution in [1.82, 2.24) is 0 Å². The topological polar surface area (TPSA) is 69.7 Å². The van der Waals surface area contributed by atoms with Gasteiger partial charge in [-0.05, 0) is 25.0 Å². The molecule has 5 nitrogen and oxygen atoms in total. The first kappa shape index (κ1) is 15.7. The number of benzene rings is 1. The summed E-state index contributed by atoms with van der Waals surface area (Å²) in [7, 11) is 0. The van der Waals surface area contributed by atoms with Crippen LogP contribution in [0.2, 0.25) is 0 Å². The Morgan fingerprint density at radius 1 is 1.42 bits per heavy atom. The lowest BCUT2D eigenvalue weighted by atomic mass is 10.1. The van der Waals surface area contributed by atoms with E-state index >= 15 is 0 Å². The van der Waals surface area contributed by atoms with Crippen molar-refractivity contribution < 1.29 is 18.3 Å². The van der Waals surface area contributed by atoms with Gasteiger partial charge in [0.1, 0.15) is 0 Å². The zero-order valence-corrected chi connectivity index (χ0v) is 12.1. The molecule has 1 atom stereocenters. The average Bonchev–Trinajstić information content (AvgIpc) is 2.37. The molecule has 0 amide bonds. The van der Waals surface area contributed by atoms with E-state index in [2.05, 4.69) is 0 Å². The number of rotatable bonds is 6. The van der Waals surface area contributed by atoms with Gasteiger partial charge in [-0.3, -0.25) is 4.21 Å². The van der Waals surface area contributed by atoms with Crippen molar-refractivity contribution in [3.05, 3.63) is 29.8 Å². The maximum Gasteiger partial charge on any atom is 0.340 e. The number of carbonyl (C=O) groups is 1. The van der Waals surface area contributed by atoms with E-state index in [0.717, 1.165) is 4.31 Å². The average molecular weight is 284 g/mol. The van der Waals surface area contributed by atoms with Gasteiger partial charge in [0.25, 0.3) is 0 Å². The van der Waals surface area contributed by atoms with E-state index in [4.69, 9.17) is 4.74 Å². The summed E-state index contributed by atoms with van der Waals surface area (Å²) in [5, 5.41) is 0. The summed E-state index contributed by atoms with van der Waals surface area (Å²) >= 11 is -2.42. The minimum atomic E-state index is -2.42. The first-order valence-electron chi connectivity index (χ1n) is 6.10. The van der Waals surface area contributed by atoms with Crippen LogP contribution in [-0.2, 0) is 16.0 Å². The molecule has 1 aromatic rings. The number of ether oxygens (including phenoxy) is 1. The molecule has 6 heteroatoms.